The van der Waals surface area contributed by atoms with Crippen molar-refractivity contribution >= 4 is 24.7 Å². The number of anilines is 1. The number of nitrogen functional groups attached to an aromatic ring is 1. The molecule has 5 rings (SSSR count). The molecule has 2 unspecified atom stereocenters. The van der Waals surface area contributed by atoms with E-state index in [4.69, 9.17) is 24.0 Å². The highest BCUT2D eigenvalue weighted by Gasteiger charge is 2.56. The van der Waals surface area contributed by atoms with E-state index < -0.39 is 38.1 Å². The highest BCUT2D eigenvalue weighted by Crippen LogP contribution is 2.59. The fraction of sp³-hybridized carbons (Fsp3) is 0.421. The SMILES string of the molecule is C[C@@]1(O)[C@H](O)C(OP2(=O)OCC[C@H](c3ccncc3)O2)O[C@H]1n1ccc2c(N)ncnc21. The molecule has 4 N–H and O–H groups in total. The van der Waals surface area contributed by atoms with Gasteiger partial charge in [-0.1, -0.05) is 0 Å². The van der Waals surface area contributed by atoms with Crippen LogP contribution in [0.1, 0.15) is 31.2 Å². The zero-order valence-electron chi connectivity index (χ0n) is 17.0. The van der Waals surface area contributed by atoms with Crippen molar-refractivity contribution < 1.29 is 33.1 Å². The molecule has 0 spiro atoms. The quantitative estimate of drug-likeness (QED) is 0.482. The van der Waals surface area contributed by atoms with Crippen molar-refractivity contribution in [1.82, 2.24) is 19.5 Å². The minimum atomic E-state index is -4.11. The van der Waals surface area contributed by atoms with E-state index >= 15 is 0 Å². The lowest BCUT2D eigenvalue weighted by atomic mass is 9.99. The first-order valence-corrected chi connectivity index (χ1v) is 11.4. The van der Waals surface area contributed by atoms with Crippen LogP contribution < -0.4 is 5.73 Å². The second kappa shape index (κ2) is 7.85. The molecule has 0 bridgehead atoms. The van der Waals surface area contributed by atoms with Gasteiger partial charge < -0.3 is 25.3 Å². The molecule has 6 atom stereocenters. The number of aromatic nitrogens is 4. The zero-order chi connectivity index (χ0) is 22.5. The van der Waals surface area contributed by atoms with Gasteiger partial charge >= 0.3 is 7.82 Å². The summed E-state index contributed by atoms with van der Waals surface area (Å²) in [6, 6.07) is 5.15. The highest BCUT2D eigenvalue weighted by atomic mass is 31.2. The van der Waals surface area contributed by atoms with E-state index in [2.05, 4.69) is 15.0 Å². The van der Waals surface area contributed by atoms with Crippen LogP contribution in [0, 0.1) is 0 Å². The normalized spacial score (nSPS) is 35.3. The first kappa shape index (κ1) is 21.4. The number of pyridine rings is 1. The maximum atomic E-state index is 13.2. The van der Waals surface area contributed by atoms with Crippen molar-refractivity contribution in [1.29, 1.82) is 0 Å². The van der Waals surface area contributed by atoms with Gasteiger partial charge in [-0.2, -0.15) is 0 Å². The number of ether oxygens (including phenoxy) is 1. The number of nitrogens with zero attached hydrogens (tertiary/aromatic N) is 4. The maximum absolute atomic E-state index is 13.2. The monoisotopic (exact) mass is 463 g/mol. The lowest BCUT2D eigenvalue weighted by Gasteiger charge is -2.31. The van der Waals surface area contributed by atoms with Gasteiger partial charge in [-0.25, -0.2) is 14.5 Å². The average molecular weight is 463 g/mol. The summed E-state index contributed by atoms with van der Waals surface area (Å²) in [5.41, 5.74) is 5.21. The van der Waals surface area contributed by atoms with E-state index in [1.165, 1.54) is 17.8 Å². The van der Waals surface area contributed by atoms with Crippen LogP contribution in [0.5, 0.6) is 0 Å². The summed E-state index contributed by atoms with van der Waals surface area (Å²) < 4.78 is 36.9. The molecule has 0 amide bonds. The molecule has 0 radical (unpaired) electrons. The van der Waals surface area contributed by atoms with Gasteiger partial charge in [0.1, 0.15) is 29.5 Å². The molecule has 32 heavy (non-hydrogen) atoms. The van der Waals surface area contributed by atoms with Crippen molar-refractivity contribution in [2.45, 2.75) is 43.7 Å². The summed E-state index contributed by atoms with van der Waals surface area (Å²) in [6.45, 7) is 1.49. The fourth-order valence-electron chi connectivity index (χ4n) is 3.87. The molecule has 5 heterocycles. The molecule has 3 aromatic rings. The summed E-state index contributed by atoms with van der Waals surface area (Å²) in [5, 5.41) is 22.3. The Morgan fingerprint density at radius 1 is 1.31 bits per heavy atom. The molecular weight excluding hydrogens is 441 g/mol. The van der Waals surface area contributed by atoms with Crippen molar-refractivity contribution in [3.63, 3.8) is 0 Å². The van der Waals surface area contributed by atoms with Crippen molar-refractivity contribution in [2.24, 2.45) is 0 Å². The highest BCUT2D eigenvalue weighted by molar-refractivity contribution is 7.48. The van der Waals surface area contributed by atoms with E-state index in [1.807, 2.05) is 0 Å². The van der Waals surface area contributed by atoms with E-state index in [9.17, 15) is 14.8 Å². The number of rotatable bonds is 4. The number of phosphoric acid groups is 1. The minimum Gasteiger partial charge on any atom is -0.385 e. The van der Waals surface area contributed by atoms with Crippen LogP contribution in [0.15, 0.2) is 43.1 Å². The van der Waals surface area contributed by atoms with Gasteiger partial charge in [0.2, 0.25) is 6.29 Å². The number of aliphatic hydroxyl groups excluding tert-OH is 1. The number of hydrogen-bond acceptors (Lipinski definition) is 11. The lowest BCUT2D eigenvalue weighted by molar-refractivity contribution is -0.145. The summed E-state index contributed by atoms with van der Waals surface area (Å²) >= 11 is 0. The van der Waals surface area contributed by atoms with Crippen molar-refractivity contribution in [3.8, 4) is 0 Å². The Bertz CT molecular complexity index is 1170. The summed E-state index contributed by atoms with van der Waals surface area (Å²) in [4.78, 5) is 12.1. The Kier molecular flexibility index (Phi) is 5.25. The Labute approximate surface area is 182 Å². The summed E-state index contributed by atoms with van der Waals surface area (Å²) in [7, 11) is -4.11. The number of nitrogens with two attached hydrogens (primary N) is 1. The number of hydrogen-bond donors (Lipinski definition) is 3. The molecule has 170 valence electrons. The molecule has 2 saturated heterocycles. The predicted molar refractivity (Wildman–Crippen MR) is 110 cm³/mol. The molecule has 2 aliphatic rings. The van der Waals surface area contributed by atoms with Crippen molar-refractivity contribution in [3.05, 3.63) is 48.7 Å². The molecule has 0 aliphatic carbocycles. The first-order chi connectivity index (χ1) is 15.3. The Hall–Kier alpha value is -2.44. The van der Waals surface area contributed by atoms with Crippen LogP contribution in [-0.4, -0.2) is 54.3 Å². The maximum Gasteiger partial charge on any atom is 0.477 e. The molecule has 13 heteroatoms. The third kappa shape index (κ3) is 3.59. The summed E-state index contributed by atoms with van der Waals surface area (Å²) in [5.74, 6) is 0.260. The van der Waals surface area contributed by atoms with Crippen LogP contribution in [0.4, 0.5) is 5.82 Å². The van der Waals surface area contributed by atoms with Crippen LogP contribution in [0.3, 0.4) is 0 Å². The Balaban J connectivity index is 1.39. The standard InChI is InChI=1S/C19H22N5O7P/c1-19(26)14(25)17(29-18(19)24-8-4-12-15(20)22-10-23-16(12)24)31-32(27)28-9-5-13(30-32)11-2-6-21-7-3-11/h2-4,6-8,10,13-14,17-18,25-26H,5,9H2,1H3,(H2,20,22,23)/t13-,14-,17?,18-,19-,32?/m1/s1. The lowest BCUT2D eigenvalue weighted by Crippen LogP contribution is -2.44. The van der Waals surface area contributed by atoms with Gasteiger partial charge in [0.15, 0.2) is 6.23 Å². The molecular formula is C19H22N5O7P. The molecule has 2 aliphatic heterocycles. The topological polar surface area (TPSA) is 164 Å². The summed E-state index contributed by atoms with van der Waals surface area (Å²) in [6.07, 6.45) is 1.82. The number of aliphatic hydroxyl groups is 2. The van der Waals surface area contributed by atoms with Gasteiger partial charge in [0, 0.05) is 25.0 Å². The fourth-order valence-corrected chi connectivity index (χ4v) is 5.33. The van der Waals surface area contributed by atoms with Gasteiger partial charge in [-0.05, 0) is 30.7 Å². The molecule has 3 aromatic heterocycles. The minimum absolute atomic E-state index is 0.116. The molecule has 2 fully saturated rings. The van der Waals surface area contributed by atoms with Crippen LogP contribution in [-0.2, 0) is 22.9 Å². The third-order valence-corrected chi connectivity index (χ3v) is 7.09. The second-order valence-electron chi connectivity index (χ2n) is 7.80. The molecule has 12 nitrogen and oxygen atoms in total. The van der Waals surface area contributed by atoms with Crippen molar-refractivity contribution in [2.75, 3.05) is 12.3 Å². The number of phosphoric ester groups is 1. The predicted octanol–water partition coefficient (Wildman–Crippen LogP) is 1.68. The number of fused-ring (bicyclic) bond motifs is 1. The van der Waals surface area contributed by atoms with E-state index in [0.717, 1.165) is 5.56 Å². The largest absolute Gasteiger partial charge is 0.477 e. The van der Waals surface area contributed by atoms with Gasteiger partial charge in [0.05, 0.1) is 18.1 Å². The molecule has 0 saturated carbocycles. The van der Waals surface area contributed by atoms with E-state index in [-0.39, 0.29) is 12.4 Å². The second-order valence-corrected chi connectivity index (χ2v) is 9.37. The Morgan fingerprint density at radius 2 is 2.09 bits per heavy atom. The smallest absolute Gasteiger partial charge is 0.385 e. The van der Waals surface area contributed by atoms with Crippen LogP contribution in [0.25, 0.3) is 11.0 Å². The van der Waals surface area contributed by atoms with Gasteiger partial charge in [-0.15, -0.1) is 0 Å². The average Bonchev–Trinajstić information content (AvgIpc) is 3.29. The third-order valence-electron chi connectivity index (χ3n) is 5.61. The van der Waals surface area contributed by atoms with Crippen LogP contribution >= 0.6 is 7.82 Å². The van der Waals surface area contributed by atoms with Gasteiger partial charge in [-0.3, -0.25) is 18.6 Å². The van der Waals surface area contributed by atoms with Gasteiger partial charge in [0.25, 0.3) is 0 Å². The van der Waals surface area contributed by atoms with E-state index in [1.54, 1.807) is 36.8 Å². The Morgan fingerprint density at radius 3 is 2.88 bits per heavy atom. The van der Waals surface area contributed by atoms with Crippen LogP contribution in [0.2, 0.25) is 0 Å². The molecule has 0 aromatic carbocycles. The first-order valence-electron chi connectivity index (χ1n) is 9.93. The zero-order valence-corrected chi connectivity index (χ0v) is 17.9. The van der Waals surface area contributed by atoms with E-state index in [0.29, 0.717) is 17.5 Å².